The zero-order valence-corrected chi connectivity index (χ0v) is 13.1. The maximum absolute atomic E-state index is 12.2. The number of imide groups is 1. The van der Waals surface area contributed by atoms with Crippen LogP contribution < -0.4 is 5.32 Å². The van der Waals surface area contributed by atoms with E-state index in [1.165, 1.54) is 23.3 Å². The van der Waals surface area contributed by atoms with Crippen LogP contribution in [0.1, 0.15) is 45.6 Å². The molecule has 0 aromatic heterocycles. The molecule has 1 N–H and O–H groups in total. The summed E-state index contributed by atoms with van der Waals surface area (Å²) in [5.74, 6) is -0.211. The molecular formula is C17H24N2O2. The molecule has 1 heterocycles. The second-order valence-corrected chi connectivity index (χ2v) is 5.90. The van der Waals surface area contributed by atoms with E-state index in [9.17, 15) is 9.59 Å². The van der Waals surface area contributed by atoms with Crippen molar-refractivity contribution in [1.82, 2.24) is 4.90 Å². The predicted molar refractivity (Wildman–Crippen MR) is 84.1 cm³/mol. The van der Waals surface area contributed by atoms with E-state index in [4.69, 9.17) is 0 Å². The number of hydrogen-bond donors (Lipinski definition) is 1. The monoisotopic (exact) mass is 288 g/mol. The molecular weight excluding hydrogens is 264 g/mol. The molecule has 0 saturated carbocycles. The van der Waals surface area contributed by atoms with Gasteiger partial charge < -0.3 is 5.32 Å². The summed E-state index contributed by atoms with van der Waals surface area (Å²) >= 11 is 0. The van der Waals surface area contributed by atoms with E-state index in [1.807, 2.05) is 26.0 Å². The number of nitrogens with zero attached hydrogens (tertiary/aromatic N) is 1. The van der Waals surface area contributed by atoms with Crippen molar-refractivity contribution in [3.63, 3.8) is 0 Å². The Hall–Kier alpha value is -1.84. The van der Waals surface area contributed by atoms with E-state index in [-0.39, 0.29) is 24.3 Å². The predicted octanol–water partition coefficient (Wildman–Crippen LogP) is 2.98. The number of benzene rings is 1. The van der Waals surface area contributed by atoms with E-state index < -0.39 is 6.04 Å². The van der Waals surface area contributed by atoms with Gasteiger partial charge >= 0.3 is 0 Å². The zero-order chi connectivity index (χ0) is 15.4. The highest BCUT2D eigenvalue weighted by molar-refractivity contribution is 6.07. The summed E-state index contributed by atoms with van der Waals surface area (Å²) in [5, 5.41) is 3.18. The molecule has 1 aliphatic heterocycles. The van der Waals surface area contributed by atoms with Gasteiger partial charge in [-0.1, -0.05) is 25.5 Å². The lowest BCUT2D eigenvalue weighted by molar-refractivity contribution is -0.140. The van der Waals surface area contributed by atoms with Gasteiger partial charge in [0.1, 0.15) is 6.04 Å². The minimum Gasteiger partial charge on any atom is -0.373 e. The number of aryl methyl sites for hydroxylation is 1. The highest BCUT2D eigenvalue weighted by Crippen LogP contribution is 2.21. The minimum atomic E-state index is -0.429. The molecule has 0 radical (unpaired) electrons. The van der Waals surface area contributed by atoms with Crippen LogP contribution in [0.15, 0.2) is 24.3 Å². The van der Waals surface area contributed by atoms with Gasteiger partial charge in [-0.25, -0.2) is 0 Å². The minimum absolute atomic E-state index is 0.0757. The molecule has 1 saturated heterocycles. The quantitative estimate of drug-likeness (QED) is 0.819. The van der Waals surface area contributed by atoms with Crippen molar-refractivity contribution < 1.29 is 9.59 Å². The fourth-order valence-corrected chi connectivity index (χ4v) is 2.66. The third kappa shape index (κ3) is 3.63. The summed E-state index contributed by atoms with van der Waals surface area (Å²) in [6.45, 7) is 5.90. The normalized spacial score (nSPS) is 18.7. The lowest BCUT2D eigenvalue weighted by Gasteiger charge is -2.19. The van der Waals surface area contributed by atoms with Gasteiger partial charge in [-0.3, -0.25) is 14.5 Å². The van der Waals surface area contributed by atoms with Gasteiger partial charge in [0.2, 0.25) is 5.91 Å². The first-order chi connectivity index (χ1) is 10.0. The molecule has 4 nitrogen and oxygen atoms in total. The Morgan fingerprint density at radius 3 is 2.43 bits per heavy atom. The third-order valence-corrected chi connectivity index (χ3v) is 3.81. The Morgan fingerprint density at radius 2 is 1.90 bits per heavy atom. The highest BCUT2D eigenvalue weighted by Gasteiger charge is 2.39. The molecule has 1 fully saturated rings. The second kappa shape index (κ2) is 6.74. The van der Waals surface area contributed by atoms with Gasteiger partial charge in [0.05, 0.1) is 6.42 Å². The molecule has 2 rings (SSSR count). The third-order valence-electron chi connectivity index (χ3n) is 3.81. The lowest BCUT2D eigenvalue weighted by Crippen LogP contribution is -2.39. The Kier molecular flexibility index (Phi) is 4.99. The van der Waals surface area contributed by atoms with E-state index in [0.29, 0.717) is 0 Å². The van der Waals surface area contributed by atoms with Crippen LogP contribution in [0.3, 0.4) is 0 Å². The summed E-state index contributed by atoms with van der Waals surface area (Å²) in [4.78, 5) is 25.4. The zero-order valence-electron chi connectivity index (χ0n) is 13.1. The molecule has 1 aromatic rings. The molecule has 1 unspecified atom stereocenters. The van der Waals surface area contributed by atoms with Crippen molar-refractivity contribution in [2.75, 3.05) is 5.32 Å². The van der Waals surface area contributed by atoms with E-state index in [0.717, 1.165) is 12.1 Å². The van der Waals surface area contributed by atoms with E-state index in [1.54, 1.807) is 0 Å². The molecule has 2 amide bonds. The van der Waals surface area contributed by atoms with Crippen molar-refractivity contribution in [2.45, 2.75) is 58.5 Å². The van der Waals surface area contributed by atoms with Gasteiger partial charge in [0.15, 0.2) is 0 Å². The highest BCUT2D eigenvalue weighted by atomic mass is 16.2. The van der Waals surface area contributed by atoms with Crippen LogP contribution in [0.4, 0.5) is 5.69 Å². The Labute approximate surface area is 126 Å². The first kappa shape index (κ1) is 15.5. The van der Waals surface area contributed by atoms with Crippen molar-refractivity contribution in [1.29, 1.82) is 0 Å². The smallest absolute Gasteiger partial charge is 0.252 e. The SMILES string of the molecule is CCCCc1ccc(NC2CC(=O)N(C(C)C)C2=O)cc1. The number of nitrogens with one attached hydrogen (secondary N) is 1. The molecule has 1 atom stereocenters. The van der Waals surface area contributed by atoms with Crippen LogP contribution in [0.25, 0.3) is 0 Å². The summed E-state index contributed by atoms with van der Waals surface area (Å²) in [6, 6.07) is 7.63. The molecule has 21 heavy (non-hydrogen) atoms. The summed E-state index contributed by atoms with van der Waals surface area (Å²) < 4.78 is 0. The number of hydrogen-bond acceptors (Lipinski definition) is 3. The van der Waals surface area contributed by atoms with Crippen LogP contribution in [0, 0.1) is 0 Å². The number of carbonyl (C=O) groups excluding carboxylic acids is 2. The largest absolute Gasteiger partial charge is 0.373 e. The number of carbonyl (C=O) groups is 2. The van der Waals surface area contributed by atoms with E-state index in [2.05, 4.69) is 24.4 Å². The van der Waals surface area contributed by atoms with Gasteiger partial charge in [-0.15, -0.1) is 0 Å². The maximum Gasteiger partial charge on any atom is 0.252 e. The van der Waals surface area contributed by atoms with Gasteiger partial charge in [-0.05, 0) is 44.4 Å². The second-order valence-electron chi connectivity index (χ2n) is 5.90. The number of anilines is 1. The topological polar surface area (TPSA) is 49.4 Å². The van der Waals surface area contributed by atoms with Gasteiger partial charge in [0.25, 0.3) is 5.91 Å². The van der Waals surface area contributed by atoms with Crippen molar-refractivity contribution >= 4 is 17.5 Å². The average Bonchev–Trinajstić information content (AvgIpc) is 2.72. The van der Waals surface area contributed by atoms with Crippen molar-refractivity contribution in [3.8, 4) is 0 Å². The molecule has 1 aliphatic rings. The number of amides is 2. The Morgan fingerprint density at radius 1 is 1.24 bits per heavy atom. The Bertz CT molecular complexity index is 508. The Balaban J connectivity index is 1.99. The van der Waals surface area contributed by atoms with Gasteiger partial charge in [-0.2, -0.15) is 0 Å². The number of unbranched alkanes of at least 4 members (excludes halogenated alkanes) is 1. The molecule has 114 valence electrons. The fraction of sp³-hybridized carbons (Fsp3) is 0.529. The van der Waals surface area contributed by atoms with Crippen LogP contribution >= 0.6 is 0 Å². The maximum atomic E-state index is 12.2. The van der Waals surface area contributed by atoms with Gasteiger partial charge in [0, 0.05) is 11.7 Å². The standard InChI is InChI=1S/C17H24N2O2/c1-4-5-6-13-7-9-14(10-8-13)18-15-11-16(20)19(12(2)3)17(15)21/h7-10,12,15,18H,4-6,11H2,1-3H3. The van der Waals surface area contributed by atoms with Crippen molar-refractivity contribution in [3.05, 3.63) is 29.8 Å². The summed E-state index contributed by atoms with van der Waals surface area (Å²) in [6.07, 6.45) is 3.70. The van der Waals surface area contributed by atoms with Crippen molar-refractivity contribution in [2.24, 2.45) is 0 Å². The molecule has 1 aromatic carbocycles. The van der Waals surface area contributed by atoms with Crippen LogP contribution in [-0.4, -0.2) is 28.8 Å². The lowest BCUT2D eigenvalue weighted by atomic mass is 10.1. The molecule has 0 spiro atoms. The average molecular weight is 288 g/mol. The van der Waals surface area contributed by atoms with E-state index >= 15 is 0 Å². The first-order valence-corrected chi connectivity index (χ1v) is 7.74. The molecule has 4 heteroatoms. The summed E-state index contributed by atoms with van der Waals surface area (Å²) in [5.41, 5.74) is 2.20. The number of rotatable bonds is 6. The number of likely N-dealkylation sites (tertiary alicyclic amines) is 1. The molecule has 0 aliphatic carbocycles. The van der Waals surface area contributed by atoms with Crippen LogP contribution in [-0.2, 0) is 16.0 Å². The summed E-state index contributed by atoms with van der Waals surface area (Å²) in [7, 11) is 0. The van der Waals surface area contributed by atoms with Crippen LogP contribution in [0.2, 0.25) is 0 Å². The molecule has 0 bridgehead atoms. The van der Waals surface area contributed by atoms with Crippen LogP contribution in [0.5, 0.6) is 0 Å². The first-order valence-electron chi connectivity index (χ1n) is 7.74. The fourth-order valence-electron chi connectivity index (χ4n) is 2.66.